The summed E-state index contributed by atoms with van der Waals surface area (Å²) < 4.78 is 0. The van der Waals surface area contributed by atoms with Gasteiger partial charge in [-0.3, -0.25) is 19.8 Å². The minimum atomic E-state index is -0.820. The van der Waals surface area contributed by atoms with Gasteiger partial charge in [0.15, 0.2) is 0 Å². The molecule has 12 heavy (non-hydrogen) atoms. The second-order valence-corrected chi connectivity index (χ2v) is 2.25. The number of nitrogens with zero attached hydrogens (tertiary/aromatic N) is 1. The molecular weight excluding hydrogens is 162 g/mol. The predicted octanol–water partition coefficient (Wildman–Crippen LogP) is -1.46. The van der Waals surface area contributed by atoms with Crippen LogP contribution in [0.1, 0.15) is 0 Å². The molecule has 0 spiro atoms. The Hall–Kier alpha value is -1.85. The van der Waals surface area contributed by atoms with Gasteiger partial charge in [0.1, 0.15) is 12.2 Å². The van der Waals surface area contributed by atoms with Crippen molar-refractivity contribution in [3.63, 3.8) is 0 Å². The van der Waals surface area contributed by atoms with E-state index in [2.05, 4.69) is 6.58 Å². The lowest BCUT2D eigenvalue weighted by atomic mass is 10.4. The fraction of sp³-hybridized carbons (Fsp3) is 0.167. The third-order valence-electron chi connectivity index (χ3n) is 1.40. The highest BCUT2D eigenvalue weighted by atomic mass is 16.2. The fourth-order valence-corrected chi connectivity index (χ4v) is 0.793. The van der Waals surface area contributed by atoms with Gasteiger partial charge < -0.3 is 5.73 Å². The number of nitrogens with one attached hydrogen (secondary N) is 1. The van der Waals surface area contributed by atoms with Crippen molar-refractivity contribution in [1.82, 2.24) is 10.2 Å². The second kappa shape index (κ2) is 2.65. The van der Waals surface area contributed by atoms with Gasteiger partial charge in [-0.25, -0.2) is 4.79 Å². The van der Waals surface area contributed by atoms with Crippen LogP contribution in [0.3, 0.4) is 0 Å². The van der Waals surface area contributed by atoms with Gasteiger partial charge in [-0.2, -0.15) is 0 Å². The van der Waals surface area contributed by atoms with Crippen LogP contribution in [0, 0.1) is 0 Å². The molecule has 0 bridgehead atoms. The topological polar surface area (TPSA) is 92.5 Å². The summed E-state index contributed by atoms with van der Waals surface area (Å²) in [5, 5.41) is 1.98. The molecule has 0 atom stereocenters. The Balaban J connectivity index is 2.77. The Morgan fingerprint density at radius 2 is 2.17 bits per heavy atom. The summed E-state index contributed by atoms with van der Waals surface area (Å²) in [7, 11) is 0. The largest absolute Gasteiger partial charge is 0.364 e. The van der Waals surface area contributed by atoms with E-state index < -0.39 is 17.8 Å². The standard InChI is InChI=1S/C6H7N3O3/c1-3(5(7)11)9-2-4(10)8-6(9)12/h1-2H2,(H2,7,11)(H,8,10,12). The Kier molecular flexibility index (Phi) is 1.82. The van der Waals surface area contributed by atoms with Crippen molar-refractivity contribution in [2.75, 3.05) is 6.54 Å². The van der Waals surface area contributed by atoms with Crippen molar-refractivity contribution in [1.29, 1.82) is 0 Å². The van der Waals surface area contributed by atoms with Crippen molar-refractivity contribution in [2.24, 2.45) is 5.73 Å². The molecule has 1 rings (SSSR count). The summed E-state index contributed by atoms with van der Waals surface area (Å²) in [5.41, 5.74) is 4.67. The van der Waals surface area contributed by atoms with E-state index in [1.54, 1.807) is 0 Å². The lowest BCUT2D eigenvalue weighted by Crippen LogP contribution is -2.33. The van der Waals surface area contributed by atoms with Crippen LogP contribution in [0.2, 0.25) is 0 Å². The maximum absolute atomic E-state index is 10.9. The molecule has 64 valence electrons. The Labute approximate surface area is 68.0 Å². The molecule has 0 saturated carbocycles. The number of hydrogen-bond donors (Lipinski definition) is 2. The maximum atomic E-state index is 10.9. The van der Waals surface area contributed by atoms with Gasteiger partial charge >= 0.3 is 6.03 Å². The minimum absolute atomic E-state index is 0.182. The average Bonchev–Trinajstić information content (AvgIpc) is 2.28. The lowest BCUT2D eigenvalue weighted by Gasteiger charge is -2.11. The number of imide groups is 1. The first-order chi connectivity index (χ1) is 5.52. The summed E-state index contributed by atoms with van der Waals surface area (Å²) in [6.07, 6.45) is 0. The molecule has 0 aromatic rings. The van der Waals surface area contributed by atoms with Gasteiger partial charge in [0.05, 0.1) is 0 Å². The van der Waals surface area contributed by atoms with Crippen LogP contribution >= 0.6 is 0 Å². The van der Waals surface area contributed by atoms with Gasteiger partial charge in [-0.05, 0) is 0 Å². The molecule has 3 N–H and O–H groups in total. The zero-order valence-electron chi connectivity index (χ0n) is 6.16. The lowest BCUT2D eigenvalue weighted by molar-refractivity contribution is -0.118. The Morgan fingerprint density at radius 3 is 2.50 bits per heavy atom. The highest BCUT2D eigenvalue weighted by Crippen LogP contribution is 2.05. The number of hydrogen-bond acceptors (Lipinski definition) is 3. The van der Waals surface area contributed by atoms with E-state index >= 15 is 0 Å². The van der Waals surface area contributed by atoms with Gasteiger partial charge in [0.2, 0.25) is 5.91 Å². The molecule has 4 amide bonds. The highest BCUT2D eigenvalue weighted by molar-refractivity contribution is 6.06. The number of carbonyl (C=O) groups is 3. The maximum Gasteiger partial charge on any atom is 0.329 e. The SMILES string of the molecule is C=C(C(N)=O)N1CC(=O)NC1=O. The summed E-state index contributed by atoms with van der Waals surface area (Å²) in [6, 6.07) is -0.663. The van der Waals surface area contributed by atoms with Crippen molar-refractivity contribution in [3.05, 3.63) is 12.3 Å². The molecule has 1 saturated heterocycles. The summed E-state index contributed by atoms with van der Waals surface area (Å²) >= 11 is 0. The number of nitrogens with two attached hydrogens (primary N) is 1. The van der Waals surface area contributed by atoms with Crippen LogP contribution in [0.15, 0.2) is 12.3 Å². The van der Waals surface area contributed by atoms with Crippen LogP contribution in [-0.4, -0.2) is 29.3 Å². The van der Waals surface area contributed by atoms with Crippen molar-refractivity contribution in [3.8, 4) is 0 Å². The molecule has 0 unspecified atom stereocenters. The summed E-state index contributed by atoms with van der Waals surface area (Å²) in [4.78, 5) is 32.9. The van der Waals surface area contributed by atoms with Crippen molar-refractivity contribution in [2.45, 2.75) is 0 Å². The first-order valence-electron chi connectivity index (χ1n) is 3.12. The van der Waals surface area contributed by atoms with Gasteiger partial charge in [0.25, 0.3) is 5.91 Å². The van der Waals surface area contributed by atoms with Crippen LogP contribution in [0.25, 0.3) is 0 Å². The molecule has 6 heteroatoms. The van der Waals surface area contributed by atoms with E-state index in [1.165, 1.54) is 0 Å². The molecule has 1 aliphatic heterocycles. The molecule has 1 aliphatic rings. The van der Waals surface area contributed by atoms with E-state index in [1.807, 2.05) is 5.32 Å². The molecule has 6 nitrogen and oxygen atoms in total. The molecule has 1 fully saturated rings. The number of amides is 4. The van der Waals surface area contributed by atoms with Crippen LogP contribution in [0.4, 0.5) is 4.79 Å². The average molecular weight is 169 g/mol. The van der Waals surface area contributed by atoms with E-state index in [0.717, 1.165) is 4.90 Å². The number of rotatable bonds is 2. The van der Waals surface area contributed by atoms with E-state index in [-0.39, 0.29) is 12.2 Å². The van der Waals surface area contributed by atoms with Gasteiger partial charge in [-0.15, -0.1) is 0 Å². The first kappa shape index (κ1) is 8.25. The monoisotopic (exact) mass is 169 g/mol. The van der Waals surface area contributed by atoms with Crippen LogP contribution in [-0.2, 0) is 9.59 Å². The van der Waals surface area contributed by atoms with E-state index in [9.17, 15) is 14.4 Å². The minimum Gasteiger partial charge on any atom is -0.364 e. The number of urea groups is 1. The Morgan fingerprint density at radius 1 is 1.58 bits per heavy atom. The molecule has 1 heterocycles. The van der Waals surface area contributed by atoms with Gasteiger partial charge in [-0.1, -0.05) is 6.58 Å². The quantitative estimate of drug-likeness (QED) is 0.390. The highest BCUT2D eigenvalue weighted by Gasteiger charge is 2.30. The van der Waals surface area contributed by atoms with E-state index in [0.29, 0.717) is 0 Å². The molecule has 0 radical (unpaired) electrons. The third-order valence-corrected chi connectivity index (χ3v) is 1.40. The zero-order chi connectivity index (χ0) is 9.30. The molecule has 0 aromatic heterocycles. The normalized spacial score (nSPS) is 16.2. The fourth-order valence-electron chi connectivity index (χ4n) is 0.793. The van der Waals surface area contributed by atoms with Gasteiger partial charge in [0, 0.05) is 0 Å². The molecule has 0 aliphatic carbocycles. The molecular formula is C6H7N3O3. The number of carbonyl (C=O) groups excluding carboxylic acids is 3. The van der Waals surface area contributed by atoms with Crippen LogP contribution in [0.5, 0.6) is 0 Å². The predicted molar refractivity (Wildman–Crippen MR) is 38.6 cm³/mol. The van der Waals surface area contributed by atoms with Crippen molar-refractivity contribution >= 4 is 17.8 Å². The number of primary amides is 1. The Bertz CT molecular complexity index is 284. The molecule has 0 aromatic carbocycles. The zero-order valence-corrected chi connectivity index (χ0v) is 6.16. The van der Waals surface area contributed by atoms with E-state index in [4.69, 9.17) is 5.73 Å². The first-order valence-corrected chi connectivity index (χ1v) is 3.12. The van der Waals surface area contributed by atoms with Crippen molar-refractivity contribution < 1.29 is 14.4 Å². The smallest absolute Gasteiger partial charge is 0.329 e. The summed E-state index contributed by atoms with van der Waals surface area (Å²) in [6.45, 7) is 3.07. The van der Waals surface area contributed by atoms with Crippen LogP contribution < -0.4 is 11.1 Å². The second-order valence-electron chi connectivity index (χ2n) is 2.25. The third kappa shape index (κ3) is 1.26. The summed E-state index contributed by atoms with van der Waals surface area (Å²) in [5.74, 6) is -1.29.